The summed E-state index contributed by atoms with van der Waals surface area (Å²) in [5, 5.41) is 3.41. The Labute approximate surface area is 169 Å². The molecule has 3 nitrogen and oxygen atoms in total. The highest BCUT2D eigenvalue weighted by Gasteiger charge is 2.35. The highest BCUT2D eigenvalue weighted by Crippen LogP contribution is 2.31. The van der Waals surface area contributed by atoms with Crippen LogP contribution in [0.25, 0.3) is 0 Å². The molecule has 1 unspecified atom stereocenters. The number of hydrogen-bond donors (Lipinski definition) is 1. The zero-order valence-corrected chi connectivity index (χ0v) is 18.8. The highest BCUT2D eigenvalue weighted by atomic mass is 16.6. The van der Waals surface area contributed by atoms with Crippen molar-refractivity contribution in [2.24, 2.45) is 11.8 Å². The van der Waals surface area contributed by atoms with Gasteiger partial charge in [-0.3, -0.25) is 4.79 Å². The van der Waals surface area contributed by atoms with Gasteiger partial charge in [0.15, 0.2) is 0 Å². The van der Waals surface area contributed by atoms with Crippen LogP contribution in [0, 0.1) is 11.8 Å². The maximum atomic E-state index is 13.0. The predicted octanol–water partition coefficient (Wildman–Crippen LogP) is 6.65. The lowest BCUT2D eigenvalue weighted by atomic mass is 9.83. The summed E-state index contributed by atoms with van der Waals surface area (Å²) in [6, 6.07) is 0. The van der Waals surface area contributed by atoms with Crippen LogP contribution in [0.15, 0.2) is 0 Å². The predicted molar refractivity (Wildman–Crippen MR) is 116 cm³/mol. The molecule has 0 aliphatic carbocycles. The topological polar surface area (TPSA) is 38.3 Å². The van der Waals surface area contributed by atoms with Crippen molar-refractivity contribution in [3.05, 3.63) is 0 Å². The third-order valence-corrected chi connectivity index (χ3v) is 6.33. The number of rotatable bonds is 15. The minimum absolute atomic E-state index is 0.0728. The normalized spacial score (nSPS) is 17.0. The third kappa shape index (κ3) is 10.5. The molecule has 0 aromatic rings. The van der Waals surface area contributed by atoms with Crippen molar-refractivity contribution >= 4 is 5.97 Å². The lowest BCUT2D eigenvalue weighted by Crippen LogP contribution is -2.43. The Kier molecular flexibility index (Phi) is 13.1. The monoisotopic (exact) mass is 381 g/mol. The number of hydrogen-bond acceptors (Lipinski definition) is 3. The van der Waals surface area contributed by atoms with Crippen LogP contribution in [-0.2, 0) is 9.53 Å². The molecule has 0 aromatic carbocycles. The minimum atomic E-state index is -0.331. The van der Waals surface area contributed by atoms with Gasteiger partial charge < -0.3 is 10.1 Å². The van der Waals surface area contributed by atoms with Crippen LogP contribution >= 0.6 is 0 Å². The smallest absolute Gasteiger partial charge is 0.309 e. The number of esters is 1. The molecule has 1 atom stereocenters. The Morgan fingerprint density at radius 2 is 1.37 bits per heavy atom. The Morgan fingerprint density at radius 3 is 1.93 bits per heavy atom. The van der Waals surface area contributed by atoms with Gasteiger partial charge in [-0.2, -0.15) is 0 Å². The summed E-state index contributed by atoms with van der Waals surface area (Å²) in [4.78, 5) is 13.0. The third-order valence-electron chi connectivity index (χ3n) is 6.33. The van der Waals surface area contributed by atoms with Crippen LogP contribution in [0.2, 0.25) is 0 Å². The molecular weight excluding hydrogens is 334 g/mol. The molecule has 0 spiro atoms. The van der Waals surface area contributed by atoms with E-state index >= 15 is 0 Å². The largest absolute Gasteiger partial charge is 0.459 e. The molecule has 1 aliphatic rings. The van der Waals surface area contributed by atoms with E-state index in [0.717, 1.165) is 45.2 Å². The Hall–Kier alpha value is -0.570. The van der Waals surface area contributed by atoms with Crippen LogP contribution in [0.5, 0.6) is 0 Å². The summed E-state index contributed by atoms with van der Waals surface area (Å²) in [5.41, 5.74) is -0.331. The number of unbranched alkanes of at least 4 members (excludes halogenated alkanes) is 8. The Balaban J connectivity index is 2.48. The van der Waals surface area contributed by atoms with Crippen LogP contribution < -0.4 is 5.32 Å². The van der Waals surface area contributed by atoms with E-state index in [4.69, 9.17) is 4.74 Å². The van der Waals surface area contributed by atoms with Gasteiger partial charge in [-0.25, -0.2) is 0 Å². The summed E-state index contributed by atoms with van der Waals surface area (Å²) in [6.07, 6.45) is 16.9. The van der Waals surface area contributed by atoms with E-state index in [0.29, 0.717) is 5.92 Å². The Bertz CT molecular complexity index is 375. The molecule has 0 bridgehead atoms. The molecule has 0 aromatic heterocycles. The van der Waals surface area contributed by atoms with Crippen molar-refractivity contribution in [1.29, 1.82) is 0 Å². The van der Waals surface area contributed by atoms with Gasteiger partial charge in [-0.1, -0.05) is 78.1 Å². The second-order valence-electron chi connectivity index (χ2n) is 9.15. The first-order valence-corrected chi connectivity index (χ1v) is 11.9. The number of carbonyl (C=O) groups excluding carboxylic acids is 1. The second-order valence-corrected chi connectivity index (χ2v) is 9.15. The van der Waals surface area contributed by atoms with Crippen LogP contribution in [0.3, 0.4) is 0 Å². The zero-order chi connectivity index (χ0) is 20.0. The molecule has 0 radical (unpaired) electrons. The van der Waals surface area contributed by atoms with E-state index in [1.807, 2.05) is 0 Å². The van der Waals surface area contributed by atoms with Crippen molar-refractivity contribution in [3.63, 3.8) is 0 Å². The maximum Gasteiger partial charge on any atom is 0.309 e. The molecule has 1 fully saturated rings. The summed E-state index contributed by atoms with van der Waals surface area (Å²) < 4.78 is 6.13. The first-order valence-electron chi connectivity index (χ1n) is 11.9. The van der Waals surface area contributed by atoms with Crippen LogP contribution in [0.4, 0.5) is 0 Å². The molecular formula is C24H47NO2. The average Bonchev–Trinajstić information content (AvgIpc) is 2.66. The van der Waals surface area contributed by atoms with E-state index in [1.54, 1.807) is 0 Å². The first kappa shape index (κ1) is 24.5. The van der Waals surface area contributed by atoms with Gasteiger partial charge in [0.05, 0.1) is 5.92 Å². The van der Waals surface area contributed by atoms with Gasteiger partial charge in [0, 0.05) is 5.92 Å². The fraction of sp³-hybridized carbons (Fsp3) is 0.958. The summed E-state index contributed by atoms with van der Waals surface area (Å²) in [7, 11) is 0. The van der Waals surface area contributed by atoms with E-state index in [9.17, 15) is 4.79 Å². The van der Waals surface area contributed by atoms with Crippen molar-refractivity contribution in [2.45, 2.75) is 123 Å². The van der Waals surface area contributed by atoms with E-state index in [2.05, 4.69) is 33.0 Å². The van der Waals surface area contributed by atoms with Gasteiger partial charge in [0.2, 0.25) is 0 Å². The minimum Gasteiger partial charge on any atom is -0.459 e. The van der Waals surface area contributed by atoms with E-state index in [1.165, 1.54) is 57.8 Å². The van der Waals surface area contributed by atoms with Gasteiger partial charge in [-0.05, 0) is 52.6 Å². The van der Waals surface area contributed by atoms with Gasteiger partial charge in [0.25, 0.3) is 0 Å². The van der Waals surface area contributed by atoms with Crippen LogP contribution in [0.1, 0.15) is 118 Å². The fourth-order valence-electron chi connectivity index (χ4n) is 4.31. The molecule has 1 saturated heterocycles. The van der Waals surface area contributed by atoms with E-state index in [-0.39, 0.29) is 17.5 Å². The quantitative estimate of drug-likeness (QED) is 0.255. The number of carbonyl (C=O) groups is 1. The summed E-state index contributed by atoms with van der Waals surface area (Å²) >= 11 is 0. The molecule has 1 heterocycles. The molecule has 27 heavy (non-hydrogen) atoms. The molecule has 1 N–H and O–H groups in total. The second kappa shape index (κ2) is 14.4. The molecule has 0 amide bonds. The number of ether oxygens (including phenoxy) is 1. The van der Waals surface area contributed by atoms with Crippen LogP contribution in [-0.4, -0.2) is 24.7 Å². The van der Waals surface area contributed by atoms with Crippen molar-refractivity contribution in [1.82, 2.24) is 5.32 Å². The average molecular weight is 382 g/mol. The lowest BCUT2D eigenvalue weighted by molar-refractivity contribution is -0.168. The molecule has 160 valence electrons. The maximum absolute atomic E-state index is 13.0. The summed E-state index contributed by atoms with van der Waals surface area (Å²) in [6.45, 7) is 10.8. The first-order chi connectivity index (χ1) is 13.0. The lowest BCUT2D eigenvalue weighted by Gasteiger charge is -2.37. The van der Waals surface area contributed by atoms with E-state index < -0.39 is 0 Å². The van der Waals surface area contributed by atoms with Crippen molar-refractivity contribution in [2.75, 3.05) is 13.1 Å². The molecule has 3 heteroatoms. The number of nitrogens with one attached hydrogen (secondary N) is 1. The summed E-state index contributed by atoms with van der Waals surface area (Å²) in [5.74, 6) is 0.662. The van der Waals surface area contributed by atoms with Gasteiger partial charge in [0.1, 0.15) is 5.60 Å². The fourth-order valence-corrected chi connectivity index (χ4v) is 4.31. The molecule has 1 rings (SSSR count). The SMILES string of the molecule is CCCCCCCCC(CCCCCC)C(=O)OC(C)(C)C1CCNCC1. The van der Waals surface area contributed by atoms with Gasteiger partial charge >= 0.3 is 5.97 Å². The number of piperidine rings is 1. The Morgan fingerprint density at radius 1 is 0.889 bits per heavy atom. The van der Waals surface area contributed by atoms with Crippen molar-refractivity contribution in [3.8, 4) is 0 Å². The van der Waals surface area contributed by atoms with Gasteiger partial charge in [-0.15, -0.1) is 0 Å². The zero-order valence-electron chi connectivity index (χ0n) is 18.8. The molecule has 0 saturated carbocycles. The van der Waals surface area contributed by atoms with Crippen molar-refractivity contribution < 1.29 is 9.53 Å². The standard InChI is InChI=1S/C24H47NO2/c1-5-7-9-11-12-14-16-21(15-13-10-8-6-2)23(26)27-24(3,4)22-17-19-25-20-18-22/h21-22,25H,5-20H2,1-4H3. The highest BCUT2D eigenvalue weighted by molar-refractivity contribution is 5.72. The molecule has 1 aliphatic heterocycles.